The number of aromatic hydroxyl groups is 1. The molecule has 0 aliphatic heterocycles. The first-order chi connectivity index (χ1) is 15.0. The van der Waals surface area contributed by atoms with Crippen LogP contribution in [-0.4, -0.2) is 40.7 Å². The molecule has 4 aromatic rings. The van der Waals surface area contributed by atoms with E-state index in [9.17, 15) is 9.90 Å². The second-order valence-electron chi connectivity index (χ2n) is 7.91. The number of imidazole rings is 1. The highest BCUT2D eigenvalue weighted by Crippen LogP contribution is 2.28. The summed E-state index contributed by atoms with van der Waals surface area (Å²) in [4.78, 5) is 31.6. The Balaban J connectivity index is 1.65. The molecule has 1 aliphatic carbocycles. The van der Waals surface area contributed by atoms with Gasteiger partial charge in [-0.15, -0.1) is 11.3 Å². The van der Waals surface area contributed by atoms with E-state index in [1.807, 2.05) is 6.07 Å². The fourth-order valence-electron chi connectivity index (χ4n) is 3.32. The van der Waals surface area contributed by atoms with Gasteiger partial charge in [0.1, 0.15) is 5.69 Å². The molecule has 1 unspecified atom stereocenters. The Labute approximate surface area is 180 Å². The maximum Gasteiger partial charge on any atom is 0.326 e. The number of rotatable bonds is 6. The van der Waals surface area contributed by atoms with Crippen LogP contribution in [0.25, 0.3) is 11.7 Å². The molecule has 1 saturated carbocycles. The Morgan fingerprint density at radius 3 is 2.84 bits per heavy atom. The van der Waals surface area contributed by atoms with Gasteiger partial charge in [-0.1, -0.05) is 19.9 Å². The summed E-state index contributed by atoms with van der Waals surface area (Å²) < 4.78 is 1.59. The molecular weight excluding hydrogens is 416 g/mol. The minimum atomic E-state index is -0.489. The van der Waals surface area contributed by atoms with E-state index in [4.69, 9.17) is 9.98 Å². The monoisotopic (exact) mass is 438 g/mol. The third-order valence-electron chi connectivity index (χ3n) is 5.06. The Kier molecular flexibility index (Phi) is 4.81. The summed E-state index contributed by atoms with van der Waals surface area (Å²) in [7, 11) is 0. The van der Waals surface area contributed by atoms with Crippen molar-refractivity contribution in [3.63, 3.8) is 0 Å². The second kappa shape index (κ2) is 7.65. The van der Waals surface area contributed by atoms with E-state index in [2.05, 4.69) is 50.7 Å². The van der Waals surface area contributed by atoms with Crippen LogP contribution < -0.4 is 21.8 Å². The molecule has 0 bridgehead atoms. The van der Waals surface area contributed by atoms with E-state index in [1.54, 1.807) is 28.1 Å². The van der Waals surface area contributed by atoms with Crippen molar-refractivity contribution in [3.05, 3.63) is 55.6 Å². The van der Waals surface area contributed by atoms with Crippen LogP contribution in [0.4, 0.5) is 5.95 Å². The third kappa shape index (κ3) is 3.96. The first kappa shape index (κ1) is 19.5. The molecule has 1 fully saturated rings. The summed E-state index contributed by atoms with van der Waals surface area (Å²) in [5, 5.41) is 20.5. The predicted molar refractivity (Wildman–Crippen MR) is 117 cm³/mol. The molecule has 11 heteroatoms. The summed E-state index contributed by atoms with van der Waals surface area (Å²) in [6.45, 7) is 4.29. The molecule has 0 aromatic carbocycles. The number of hydrogen-bond acceptors (Lipinski definition) is 8. The largest absolute Gasteiger partial charge is 0.493 e. The second-order valence-corrected chi connectivity index (χ2v) is 8.89. The topological polar surface area (TPSA) is 136 Å². The van der Waals surface area contributed by atoms with Gasteiger partial charge < -0.3 is 15.4 Å². The van der Waals surface area contributed by atoms with Gasteiger partial charge in [-0.3, -0.25) is 4.98 Å². The van der Waals surface area contributed by atoms with Crippen LogP contribution in [-0.2, 0) is 0 Å². The maximum atomic E-state index is 11.5. The molecule has 0 radical (unpaired) electrons. The fourth-order valence-corrected chi connectivity index (χ4v) is 4.27. The SMILES string of the molecule is CC(C)C(Nc1nc(=NC2CC2)n2nc/c(=C\c3[nH]c(=O)[nH]c3O)c2n1)c1cccs1. The lowest BCUT2D eigenvalue weighted by molar-refractivity contribution is 0.454. The van der Waals surface area contributed by atoms with Crippen molar-refractivity contribution in [2.24, 2.45) is 10.9 Å². The van der Waals surface area contributed by atoms with Crippen molar-refractivity contribution < 1.29 is 5.11 Å². The minimum absolute atomic E-state index is 0.0525. The van der Waals surface area contributed by atoms with E-state index < -0.39 is 5.69 Å². The van der Waals surface area contributed by atoms with E-state index in [0.717, 1.165) is 12.8 Å². The average Bonchev–Trinajstić information content (AvgIpc) is 3.10. The lowest BCUT2D eigenvalue weighted by Gasteiger charge is -2.21. The van der Waals surface area contributed by atoms with Crippen LogP contribution in [0.5, 0.6) is 5.88 Å². The summed E-state index contributed by atoms with van der Waals surface area (Å²) in [5.74, 6) is 0.540. The first-order valence-corrected chi connectivity index (χ1v) is 11.0. The van der Waals surface area contributed by atoms with Gasteiger partial charge in [0.2, 0.25) is 11.8 Å². The maximum absolute atomic E-state index is 11.5. The van der Waals surface area contributed by atoms with Crippen molar-refractivity contribution in [2.45, 2.75) is 38.8 Å². The Bertz CT molecular complexity index is 1400. The average molecular weight is 439 g/mol. The number of anilines is 1. The van der Waals surface area contributed by atoms with Crippen LogP contribution in [0.15, 0.2) is 33.5 Å². The van der Waals surface area contributed by atoms with Gasteiger partial charge in [-0.05, 0) is 36.3 Å². The highest BCUT2D eigenvalue weighted by Gasteiger charge is 2.22. The number of H-pyrrole nitrogens is 2. The van der Waals surface area contributed by atoms with E-state index >= 15 is 0 Å². The number of aromatic amines is 2. The number of fused-ring (bicyclic) bond motifs is 1. The normalized spacial score (nSPS) is 16.5. The molecule has 4 heterocycles. The number of nitrogens with zero attached hydrogens (tertiary/aromatic N) is 5. The molecule has 5 rings (SSSR count). The van der Waals surface area contributed by atoms with Crippen LogP contribution in [0.3, 0.4) is 0 Å². The van der Waals surface area contributed by atoms with Crippen LogP contribution in [0.1, 0.15) is 43.3 Å². The molecule has 1 aliphatic rings. The minimum Gasteiger partial charge on any atom is -0.493 e. The lowest BCUT2D eigenvalue weighted by Crippen LogP contribution is -2.26. The lowest BCUT2D eigenvalue weighted by atomic mass is 10.0. The number of thiophene rings is 1. The molecule has 1 atom stereocenters. The van der Waals surface area contributed by atoms with Crippen LogP contribution in [0.2, 0.25) is 0 Å². The molecule has 160 valence electrons. The molecule has 31 heavy (non-hydrogen) atoms. The van der Waals surface area contributed by atoms with Crippen molar-refractivity contribution >= 4 is 29.0 Å². The molecule has 0 amide bonds. The van der Waals surface area contributed by atoms with Gasteiger partial charge in [-0.2, -0.15) is 19.6 Å². The Hall–Kier alpha value is -3.47. The van der Waals surface area contributed by atoms with Crippen molar-refractivity contribution in [1.82, 2.24) is 29.5 Å². The molecule has 10 nitrogen and oxygen atoms in total. The van der Waals surface area contributed by atoms with Crippen molar-refractivity contribution in [1.29, 1.82) is 0 Å². The van der Waals surface area contributed by atoms with Gasteiger partial charge in [0, 0.05) is 10.1 Å². The summed E-state index contributed by atoms with van der Waals surface area (Å²) >= 11 is 1.69. The molecular formula is C20H22N8O2S. The highest BCUT2D eigenvalue weighted by molar-refractivity contribution is 7.10. The Morgan fingerprint density at radius 1 is 1.35 bits per heavy atom. The summed E-state index contributed by atoms with van der Waals surface area (Å²) in [6, 6.07) is 4.44. The predicted octanol–water partition coefficient (Wildman–Crippen LogP) is 1.33. The number of nitrogens with one attached hydrogen (secondary N) is 3. The molecule has 0 saturated heterocycles. The third-order valence-corrected chi connectivity index (χ3v) is 6.01. The van der Waals surface area contributed by atoms with Gasteiger partial charge in [0.05, 0.1) is 18.3 Å². The van der Waals surface area contributed by atoms with Crippen molar-refractivity contribution in [3.8, 4) is 5.88 Å². The van der Waals surface area contributed by atoms with E-state index in [-0.39, 0.29) is 23.7 Å². The molecule has 0 spiro atoms. The molecule has 4 aromatic heterocycles. The van der Waals surface area contributed by atoms with Gasteiger partial charge in [0.15, 0.2) is 5.65 Å². The van der Waals surface area contributed by atoms with Crippen LogP contribution >= 0.6 is 11.3 Å². The standard InChI is InChI=1S/C20H22N8O2S/c1-10(2)15(14-4-3-7-31-14)24-18-25-16-11(8-13-17(29)26-20(30)23-13)9-21-28(16)19(27-18)22-12-5-6-12/h3-4,7-10,12,15,29H,5-6H2,1-2H3,(H,22,24,27)(H2,23,26,30)/b11-8+. The van der Waals surface area contributed by atoms with E-state index in [1.165, 1.54) is 4.88 Å². The Morgan fingerprint density at radius 2 is 2.19 bits per heavy atom. The smallest absolute Gasteiger partial charge is 0.326 e. The summed E-state index contributed by atoms with van der Waals surface area (Å²) in [6.07, 6.45) is 5.31. The quantitative estimate of drug-likeness (QED) is 0.358. The zero-order valence-corrected chi connectivity index (χ0v) is 17.8. The van der Waals surface area contributed by atoms with Gasteiger partial charge >= 0.3 is 5.69 Å². The number of hydrogen-bond donors (Lipinski definition) is 4. The van der Waals surface area contributed by atoms with Gasteiger partial charge in [0.25, 0.3) is 5.62 Å². The zero-order chi connectivity index (χ0) is 21.5. The highest BCUT2D eigenvalue weighted by atomic mass is 32.1. The summed E-state index contributed by atoms with van der Waals surface area (Å²) in [5.41, 5.74) is 0.784. The zero-order valence-electron chi connectivity index (χ0n) is 17.0. The van der Waals surface area contributed by atoms with Crippen LogP contribution in [0, 0.1) is 5.92 Å². The molecule has 4 N–H and O–H groups in total. The van der Waals surface area contributed by atoms with E-state index in [0.29, 0.717) is 28.4 Å². The fraction of sp³-hybridized carbons (Fsp3) is 0.350. The van der Waals surface area contributed by atoms with Gasteiger partial charge in [-0.25, -0.2) is 9.79 Å². The first-order valence-electron chi connectivity index (χ1n) is 10.1. The number of aromatic nitrogens is 6. The van der Waals surface area contributed by atoms with Crippen molar-refractivity contribution in [2.75, 3.05) is 5.32 Å².